The summed E-state index contributed by atoms with van der Waals surface area (Å²) >= 11 is 0. The topological polar surface area (TPSA) is 84.3 Å². The zero-order valence-electron chi connectivity index (χ0n) is 13.0. The maximum absolute atomic E-state index is 13.3. The molecule has 122 valence electrons. The van der Waals surface area contributed by atoms with Crippen molar-refractivity contribution in [1.82, 2.24) is 15.3 Å². The predicted octanol–water partition coefficient (Wildman–Crippen LogP) is 1.40. The van der Waals surface area contributed by atoms with E-state index < -0.39 is 5.82 Å². The Morgan fingerprint density at radius 1 is 1.35 bits per heavy atom. The number of benzene rings is 1. The number of ether oxygens (including phenoxy) is 1. The van der Waals surface area contributed by atoms with Crippen LogP contribution in [0.3, 0.4) is 0 Å². The van der Waals surface area contributed by atoms with Gasteiger partial charge in [0.15, 0.2) is 11.6 Å². The molecule has 23 heavy (non-hydrogen) atoms. The van der Waals surface area contributed by atoms with Gasteiger partial charge in [-0.1, -0.05) is 6.07 Å². The monoisotopic (exact) mass is 319 g/mol. The fourth-order valence-corrected chi connectivity index (χ4v) is 2.08. The Balaban J connectivity index is 2.07. The van der Waals surface area contributed by atoms with E-state index in [1.807, 2.05) is 0 Å². The summed E-state index contributed by atoms with van der Waals surface area (Å²) in [6, 6.07) is 5.93. The van der Waals surface area contributed by atoms with Gasteiger partial charge in [0.05, 0.1) is 7.11 Å². The van der Waals surface area contributed by atoms with Crippen molar-refractivity contribution in [3.05, 3.63) is 52.9 Å². The second kappa shape index (κ2) is 7.64. The largest absolute Gasteiger partial charge is 0.494 e. The molecule has 7 heteroatoms. The molecule has 0 bridgehead atoms. The standard InChI is InChI=1S/C16H18FN3O3/c1-10-19-12(5-6-21)8-14(20-10)16(22)18-9-11-3-4-13(17)15(7-11)23-2/h3-4,7-8,21H,5-6,9H2,1-2H3,(H,18,22). The minimum atomic E-state index is -0.456. The molecule has 1 aromatic carbocycles. The van der Waals surface area contributed by atoms with E-state index in [-0.39, 0.29) is 30.5 Å². The molecule has 0 aliphatic heterocycles. The zero-order chi connectivity index (χ0) is 16.8. The summed E-state index contributed by atoms with van der Waals surface area (Å²) in [4.78, 5) is 20.4. The van der Waals surface area contributed by atoms with E-state index in [0.29, 0.717) is 23.5 Å². The first kappa shape index (κ1) is 16.8. The number of methoxy groups -OCH3 is 1. The molecule has 1 aromatic heterocycles. The van der Waals surface area contributed by atoms with Gasteiger partial charge < -0.3 is 15.2 Å². The van der Waals surface area contributed by atoms with E-state index in [2.05, 4.69) is 15.3 Å². The van der Waals surface area contributed by atoms with Gasteiger partial charge in [-0.3, -0.25) is 4.79 Å². The van der Waals surface area contributed by atoms with Crippen LogP contribution in [0.4, 0.5) is 4.39 Å². The van der Waals surface area contributed by atoms with Crippen molar-refractivity contribution in [3.63, 3.8) is 0 Å². The normalized spacial score (nSPS) is 10.4. The number of aliphatic hydroxyl groups excluding tert-OH is 1. The SMILES string of the molecule is COc1cc(CNC(=O)c2cc(CCO)nc(C)n2)ccc1F. The van der Waals surface area contributed by atoms with Gasteiger partial charge in [0.1, 0.15) is 11.5 Å². The average molecular weight is 319 g/mol. The number of rotatable bonds is 6. The Kier molecular flexibility index (Phi) is 5.59. The van der Waals surface area contributed by atoms with Crippen LogP contribution in [-0.4, -0.2) is 34.7 Å². The maximum atomic E-state index is 13.3. The van der Waals surface area contributed by atoms with Crippen molar-refractivity contribution < 1.29 is 19.0 Å². The van der Waals surface area contributed by atoms with Crippen LogP contribution in [0.2, 0.25) is 0 Å². The quantitative estimate of drug-likeness (QED) is 0.841. The molecule has 0 fully saturated rings. The number of halogens is 1. The first-order chi connectivity index (χ1) is 11.0. The summed E-state index contributed by atoms with van der Waals surface area (Å²) in [6.07, 6.45) is 0.360. The lowest BCUT2D eigenvalue weighted by atomic mass is 10.2. The number of aryl methyl sites for hydroxylation is 1. The number of hydrogen-bond acceptors (Lipinski definition) is 5. The molecule has 6 nitrogen and oxygen atoms in total. The molecule has 2 rings (SSSR count). The van der Waals surface area contributed by atoms with Crippen molar-refractivity contribution in [1.29, 1.82) is 0 Å². The molecule has 1 heterocycles. The third kappa shape index (κ3) is 4.46. The van der Waals surface area contributed by atoms with Crippen LogP contribution in [-0.2, 0) is 13.0 Å². The molecule has 2 N–H and O–H groups in total. The molecule has 0 atom stereocenters. The van der Waals surface area contributed by atoms with E-state index in [4.69, 9.17) is 9.84 Å². The van der Waals surface area contributed by atoms with Gasteiger partial charge in [-0.15, -0.1) is 0 Å². The number of nitrogens with zero attached hydrogens (tertiary/aromatic N) is 2. The second-order valence-electron chi connectivity index (χ2n) is 4.92. The van der Waals surface area contributed by atoms with Gasteiger partial charge in [0.25, 0.3) is 5.91 Å². The summed E-state index contributed by atoms with van der Waals surface area (Å²) in [6.45, 7) is 1.85. The van der Waals surface area contributed by atoms with Crippen LogP contribution in [0.5, 0.6) is 5.75 Å². The van der Waals surface area contributed by atoms with Gasteiger partial charge in [0.2, 0.25) is 0 Å². The van der Waals surface area contributed by atoms with E-state index in [1.54, 1.807) is 19.1 Å². The highest BCUT2D eigenvalue weighted by Gasteiger charge is 2.11. The molecule has 0 radical (unpaired) electrons. The van der Waals surface area contributed by atoms with Gasteiger partial charge in [-0.2, -0.15) is 0 Å². The lowest BCUT2D eigenvalue weighted by Crippen LogP contribution is -2.24. The van der Waals surface area contributed by atoms with Crippen LogP contribution < -0.4 is 10.1 Å². The van der Waals surface area contributed by atoms with E-state index in [0.717, 1.165) is 0 Å². The maximum Gasteiger partial charge on any atom is 0.270 e. The van der Waals surface area contributed by atoms with Crippen molar-refractivity contribution in [2.24, 2.45) is 0 Å². The summed E-state index contributed by atoms with van der Waals surface area (Å²) < 4.78 is 18.2. The number of carbonyl (C=O) groups excluding carboxylic acids is 1. The first-order valence-corrected chi connectivity index (χ1v) is 7.09. The van der Waals surface area contributed by atoms with Gasteiger partial charge >= 0.3 is 0 Å². The minimum Gasteiger partial charge on any atom is -0.494 e. The molecule has 0 unspecified atom stereocenters. The third-order valence-corrected chi connectivity index (χ3v) is 3.16. The molecule has 0 saturated heterocycles. The number of aliphatic hydroxyl groups is 1. The molecule has 0 spiro atoms. The number of hydrogen-bond donors (Lipinski definition) is 2. The average Bonchev–Trinajstić information content (AvgIpc) is 2.53. The summed E-state index contributed by atoms with van der Waals surface area (Å²) in [7, 11) is 1.38. The number of carbonyl (C=O) groups is 1. The highest BCUT2D eigenvalue weighted by Crippen LogP contribution is 2.18. The van der Waals surface area contributed by atoms with Crippen LogP contribution in [0, 0.1) is 12.7 Å². The van der Waals surface area contributed by atoms with Crippen LogP contribution in [0.15, 0.2) is 24.3 Å². The first-order valence-electron chi connectivity index (χ1n) is 7.09. The Labute approximate surface area is 133 Å². The van der Waals surface area contributed by atoms with Crippen LogP contribution in [0.25, 0.3) is 0 Å². The second-order valence-corrected chi connectivity index (χ2v) is 4.92. The summed E-state index contributed by atoms with van der Waals surface area (Å²) in [5, 5.41) is 11.7. The molecule has 2 aromatic rings. The molecule has 0 aliphatic carbocycles. The molecule has 0 saturated carbocycles. The van der Waals surface area contributed by atoms with Gasteiger partial charge in [-0.25, -0.2) is 14.4 Å². The highest BCUT2D eigenvalue weighted by atomic mass is 19.1. The molecule has 1 amide bonds. The lowest BCUT2D eigenvalue weighted by Gasteiger charge is -2.08. The Bertz CT molecular complexity index is 707. The van der Waals surface area contributed by atoms with E-state index in [9.17, 15) is 9.18 Å². The third-order valence-electron chi connectivity index (χ3n) is 3.16. The summed E-state index contributed by atoms with van der Waals surface area (Å²) in [5.41, 5.74) is 1.54. The predicted molar refractivity (Wildman–Crippen MR) is 81.7 cm³/mol. The molecular formula is C16H18FN3O3. The van der Waals surface area contributed by atoms with Crippen molar-refractivity contribution in [2.75, 3.05) is 13.7 Å². The van der Waals surface area contributed by atoms with E-state index >= 15 is 0 Å². The fourth-order valence-electron chi connectivity index (χ4n) is 2.08. The lowest BCUT2D eigenvalue weighted by molar-refractivity contribution is 0.0945. The Hall–Kier alpha value is -2.54. The van der Waals surface area contributed by atoms with Gasteiger partial charge in [-0.05, 0) is 30.7 Å². The van der Waals surface area contributed by atoms with Crippen molar-refractivity contribution in [3.8, 4) is 5.75 Å². The molecular weight excluding hydrogens is 301 g/mol. The number of amides is 1. The Morgan fingerprint density at radius 2 is 2.13 bits per heavy atom. The van der Waals surface area contributed by atoms with Crippen molar-refractivity contribution >= 4 is 5.91 Å². The van der Waals surface area contributed by atoms with Gasteiger partial charge in [0, 0.05) is 25.3 Å². The zero-order valence-corrected chi connectivity index (χ0v) is 13.0. The van der Waals surface area contributed by atoms with Crippen molar-refractivity contribution in [2.45, 2.75) is 19.9 Å². The number of nitrogens with one attached hydrogen (secondary N) is 1. The van der Waals surface area contributed by atoms with Crippen LogP contribution >= 0.6 is 0 Å². The summed E-state index contributed by atoms with van der Waals surface area (Å²) in [5.74, 6) is -0.231. The Morgan fingerprint density at radius 3 is 2.83 bits per heavy atom. The highest BCUT2D eigenvalue weighted by molar-refractivity contribution is 5.92. The van der Waals surface area contributed by atoms with E-state index in [1.165, 1.54) is 19.2 Å². The fraction of sp³-hybridized carbons (Fsp3) is 0.312. The van der Waals surface area contributed by atoms with Crippen LogP contribution in [0.1, 0.15) is 27.6 Å². The molecule has 0 aliphatic rings. The minimum absolute atomic E-state index is 0.0487. The number of aromatic nitrogens is 2. The smallest absolute Gasteiger partial charge is 0.270 e.